The molecule has 0 heterocycles. The summed E-state index contributed by atoms with van der Waals surface area (Å²) in [5, 5.41) is 0. The summed E-state index contributed by atoms with van der Waals surface area (Å²) in [7, 11) is -2.67. The molecular formula is CH2N2O3P+. The van der Waals surface area contributed by atoms with E-state index in [2.05, 4.69) is 9.31 Å². The highest BCUT2D eigenvalue weighted by molar-refractivity contribution is 7.32. The minimum atomic E-state index is -2.67. The molecule has 0 aromatic carbocycles. The Morgan fingerprint density at radius 3 is 2.71 bits per heavy atom. The van der Waals surface area contributed by atoms with E-state index in [-0.39, 0.29) is 0 Å². The fraction of sp³-hybridized carbons (Fsp3) is 0. The first-order chi connectivity index (χ1) is 3.27. The van der Waals surface area contributed by atoms with E-state index >= 15 is 0 Å². The van der Waals surface area contributed by atoms with Crippen LogP contribution in [0.3, 0.4) is 0 Å². The van der Waals surface area contributed by atoms with Gasteiger partial charge in [-0.3, -0.25) is 0 Å². The van der Waals surface area contributed by atoms with Crippen LogP contribution in [0.4, 0.5) is 0 Å². The van der Waals surface area contributed by atoms with Crippen LogP contribution in [-0.2, 0) is 9.09 Å². The van der Waals surface area contributed by atoms with Gasteiger partial charge >= 0.3 is 14.7 Å². The minimum Gasteiger partial charge on any atom is -0.357 e. The zero-order valence-corrected chi connectivity index (χ0v) is 4.08. The molecule has 1 unspecified atom stereocenters. The molecule has 1 N–H and O–H groups in total. The molecule has 0 aliphatic rings. The molecule has 0 amide bonds. The quantitative estimate of drug-likeness (QED) is 0.182. The molecule has 0 aromatic heterocycles. The summed E-state index contributed by atoms with van der Waals surface area (Å²) in [6, 6.07) is 0. The molecule has 38 valence electrons. The largest absolute Gasteiger partial charge is 0.753 e. The van der Waals surface area contributed by atoms with Crippen molar-refractivity contribution >= 4 is 14.7 Å². The molecule has 0 fully saturated rings. The number of nitrogens with zero attached hydrogens (tertiary/aromatic N) is 2. The van der Waals surface area contributed by atoms with Crippen molar-refractivity contribution in [1.29, 1.82) is 0 Å². The van der Waals surface area contributed by atoms with Gasteiger partial charge in [-0.05, 0) is 0 Å². The van der Waals surface area contributed by atoms with E-state index in [9.17, 15) is 4.57 Å². The molecule has 0 spiro atoms. The molecule has 6 heteroatoms. The van der Waals surface area contributed by atoms with Gasteiger partial charge in [-0.25, -0.2) is 0 Å². The van der Waals surface area contributed by atoms with Crippen LogP contribution in [0.5, 0.6) is 0 Å². The molecular weight excluding hydrogens is 119 g/mol. The van der Waals surface area contributed by atoms with Crippen LogP contribution in [0.1, 0.15) is 0 Å². The Morgan fingerprint density at radius 1 is 2.00 bits per heavy atom. The lowest BCUT2D eigenvalue weighted by atomic mass is 11.6. The average molecular weight is 121 g/mol. The zero-order chi connectivity index (χ0) is 5.70. The molecule has 0 aliphatic carbocycles. The Balaban J connectivity index is 3.32. The van der Waals surface area contributed by atoms with Gasteiger partial charge in [-0.15, -0.1) is 14.2 Å². The van der Waals surface area contributed by atoms with Crippen molar-refractivity contribution in [2.45, 2.75) is 0 Å². The van der Waals surface area contributed by atoms with Crippen molar-refractivity contribution in [3.63, 3.8) is 0 Å². The van der Waals surface area contributed by atoms with Crippen molar-refractivity contribution in [2.24, 2.45) is 0 Å². The average Bonchev–Trinajstić information content (AvgIpc) is 1.61. The van der Waals surface area contributed by atoms with Gasteiger partial charge in [-0.1, -0.05) is 0 Å². The third-order valence-corrected chi connectivity index (χ3v) is 0.459. The highest BCUT2D eigenvalue weighted by Crippen LogP contribution is 2.10. The summed E-state index contributed by atoms with van der Waals surface area (Å²) in [4.78, 5) is 10.1. The molecule has 0 saturated carbocycles. The number of rotatable bonds is 2. The third-order valence-electron chi connectivity index (χ3n) is 0.184. The minimum absolute atomic E-state index is 0.471. The van der Waals surface area contributed by atoms with Gasteiger partial charge < -0.3 is 5.53 Å². The van der Waals surface area contributed by atoms with E-state index < -0.39 is 8.25 Å². The highest BCUT2D eigenvalue weighted by atomic mass is 31.1. The molecule has 7 heavy (non-hydrogen) atoms. The summed E-state index contributed by atoms with van der Waals surface area (Å²) in [6.45, 7) is 0. The maximum atomic E-state index is 9.48. The first-order valence-corrected chi connectivity index (χ1v) is 2.39. The van der Waals surface area contributed by atoms with Crippen LogP contribution >= 0.6 is 8.25 Å². The number of hydrogen-bond donors (Lipinski definition) is 1. The molecule has 1 atom stereocenters. The lowest BCUT2D eigenvalue weighted by Crippen LogP contribution is -1.71. The van der Waals surface area contributed by atoms with E-state index in [0.717, 1.165) is 0 Å². The maximum absolute atomic E-state index is 9.48. The first kappa shape index (κ1) is 6.24. The molecule has 5 nitrogen and oxygen atoms in total. The fourth-order valence-electron chi connectivity index (χ4n) is 0.0614. The van der Waals surface area contributed by atoms with Crippen LogP contribution in [-0.4, -0.2) is 16.1 Å². The van der Waals surface area contributed by atoms with Crippen molar-refractivity contribution in [3.8, 4) is 0 Å². The van der Waals surface area contributed by atoms with Crippen LogP contribution < -0.4 is 0 Å². The molecule has 0 rings (SSSR count). The molecule has 0 saturated heterocycles. The Bertz CT molecular complexity index is 116. The monoisotopic (exact) mass is 121 g/mol. The second-order valence-corrected chi connectivity index (χ2v) is 1.25. The predicted octanol–water partition coefficient (Wildman–Crippen LogP) is -0.0892. The van der Waals surface area contributed by atoms with Gasteiger partial charge in [0.15, 0.2) is 0 Å². The predicted molar refractivity (Wildman–Crippen MR) is 20.6 cm³/mol. The van der Waals surface area contributed by atoms with E-state index in [0.29, 0.717) is 6.40 Å². The summed E-state index contributed by atoms with van der Waals surface area (Å²) in [6.07, 6.45) is 0.471. The van der Waals surface area contributed by atoms with Crippen LogP contribution in [0.2, 0.25) is 0 Å². The first-order valence-electron chi connectivity index (χ1n) is 1.26. The Hall–Kier alpha value is -0.760. The lowest BCUT2D eigenvalue weighted by Gasteiger charge is -1.56. The van der Waals surface area contributed by atoms with Crippen molar-refractivity contribution in [2.75, 3.05) is 0 Å². The summed E-state index contributed by atoms with van der Waals surface area (Å²) >= 11 is 0. The summed E-state index contributed by atoms with van der Waals surface area (Å²) < 4.78 is 13.2. The smallest absolute Gasteiger partial charge is 0.357 e. The standard InChI is InChI=1S/CHN2O3P/c2-3-1-6-7(4)5/h1H/p+1. The summed E-state index contributed by atoms with van der Waals surface area (Å²) in [5.41, 5.74) is 7.52. The second-order valence-electron chi connectivity index (χ2n) is 0.564. The van der Waals surface area contributed by atoms with Crippen molar-refractivity contribution in [3.05, 3.63) is 5.53 Å². The zero-order valence-electron chi connectivity index (χ0n) is 3.18. The van der Waals surface area contributed by atoms with E-state index in [1.807, 2.05) is 0 Å². The third kappa shape index (κ3) is 5.24. The molecule has 0 radical (unpaired) electrons. The topological polar surface area (TPSA) is 82.9 Å². The van der Waals surface area contributed by atoms with Crippen molar-refractivity contribution < 1.29 is 18.8 Å². The molecule has 0 aliphatic heterocycles. The fourth-order valence-corrected chi connectivity index (χ4v) is 0.184. The van der Waals surface area contributed by atoms with Crippen LogP contribution in [0.15, 0.2) is 0 Å². The van der Waals surface area contributed by atoms with Gasteiger partial charge in [0.1, 0.15) is 0 Å². The van der Waals surface area contributed by atoms with Gasteiger partial charge in [0, 0.05) is 4.57 Å². The molecule has 0 bridgehead atoms. The Kier molecular flexibility index (Phi) is 3.06. The van der Waals surface area contributed by atoms with Gasteiger partial charge in [0.2, 0.25) is 0 Å². The van der Waals surface area contributed by atoms with Crippen LogP contribution in [0, 0.1) is 0 Å². The Labute approximate surface area is 40.1 Å². The summed E-state index contributed by atoms with van der Waals surface area (Å²) in [5.74, 6) is 0. The number of hydrogen-bond acceptors (Lipinski definition) is 2. The van der Waals surface area contributed by atoms with Gasteiger partial charge in [-0.2, -0.15) is 0 Å². The van der Waals surface area contributed by atoms with Crippen LogP contribution in [0.25, 0.3) is 5.53 Å². The Morgan fingerprint density at radius 2 is 2.57 bits per heavy atom. The van der Waals surface area contributed by atoms with E-state index in [4.69, 9.17) is 10.4 Å². The van der Waals surface area contributed by atoms with E-state index in [1.165, 1.54) is 0 Å². The highest BCUT2D eigenvalue weighted by Gasteiger charge is 2.10. The maximum Gasteiger partial charge on any atom is 0.753 e. The van der Waals surface area contributed by atoms with Gasteiger partial charge in [0.25, 0.3) is 0 Å². The lowest BCUT2D eigenvalue weighted by molar-refractivity contribution is -0.0151. The van der Waals surface area contributed by atoms with E-state index in [1.54, 1.807) is 0 Å². The SMILES string of the molecule is [N-]=[N+]=CO[P+](=O)O. The van der Waals surface area contributed by atoms with Gasteiger partial charge in [0.05, 0.1) is 0 Å². The normalized spacial score (nSPS) is 9.00. The second kappa shape index (κ2) is 3.43. The molecule has 0 aromatic rings. The van der Waals surface area contributed by atoms with Crippen molar-refractivity contribution in [1.82, 2.24) is 0 Å².